The third-order valence-electron chi connectivity index (χ3n) is 3.24. The van der Waals surface area contributed by atoms with Crippen LogP contribution < -0.4 is 10.6 Å². The van der Waals surface area contributed by atoms with Crippen molar-refractivity contribution in [3.63, 3.8) is 0 Å². The summed E-state index contributed by atoms with van der Waals surface area (Å²) in [7, 11) is 0. The second kappa shape index (κ2) is 4.95. The fraction of sp³-hybridized carbons (Fsp3) is 0.462. The van der Waals surface area contributed by atoms with Gasteiger partial charge in [-0.25, -0.2) is 0 Å². The molecule has 2 rings (SSSR count). The predicted octanol–water partition coefficient (Wildman–Crippen LogP) is 2.77. The Bertz CT molecular complexity index is 444. The van der Waals surface area contributed by atoms with Gasteiger partial charge in [-0.3, -0.25) is 0 Å². The van der Waals surface area contributed by atoms with Gasteiger partial charge in [0.05, 0.1) is 10.6 Å². The summed E-state index contributed by atoms with van der Waals surface area (Å²) in [4.78, 5) is 0. The second-order valence-corrected chi connectivity index (χ2v) is 5.15. The molecular formula is C13H16ClN3. The number of halogens is 1. The van der Waals surface area contributed by atoms with Crippen molar-refractivity contribution in [2.45, 2.75) is 25.3 Å². The van der Waals surface area contributed by atoms with Crippen LogP contribution in [0.25, 0.3) is 0 Å². The van der Waals surface area contributed by atoms with Crippen molar-refractivity contribution in [1.82, 2.24) is 5.32 Å². The van der Waals surface area contributed by atoms with Crippen LogP contribution in [0.4, 0.5) is 5.69 Å². The van der Waals surface area contributed by atoms with Crippen LogP contribution in [0.1, 0.15) is 25.3 Å². The van der Waals surface area contributed by atoms with Gasteiger partial charge >= 0.3 is 0 Å². The number of hydrogen-bond donors (Lipinski definition) is 2. The van der Waals surface area contributed by atoms with E-state index >= 15 is 0 Å². The molecular weight excluding hydrogens is 234 g/mol. The summed E-state index contributed by atoms with van der Waals surface area (Å²) in [5.74, 6) is 0. The van der Waals surface area contributed by atoms with E-state index in [0.29, 0.717) is 10.6 Å². The highest BCUT2D eigenvalue weighted by Crippen LogP contribution is 2.26. The molecule has 0 atom stereocenters. The van der Waals surface area contributed by atoms with Gasteiger partial charge < -0.3 is 10.6 Å². The highest BCUT2D eigenvalue weighted by atomic mass is 35.5. The van der Waals surface area contributed by atoms with E-state index in [-0.39, 0.29) is 5.54 Å². The van der Waals surface area contributed by atoms with Crippen LogP contribution in [-0.4, -0.2) is 18.6 Å². The molecule has 2 N–H and O–H groups in total. The Morgan fingerprint density at radius 2 is 2.12 bits per heavy atom. The zero-order chi connectivity index (χ0) is 12.3. The van der Waals surface area contributed by atoms with E-state index in [9.17, 15) is 0 Å². The molecule has 1 aliphatic heterocycles. The molecule has 0 bridgehead atoms. The van der Waals surface area contributed by atoms with Crippen molar-refractivity contribution in [3.05, 3.63) is 28.8 Å². The standard InChI is InChI=1S/C13H16ClN3/c1-13(4-6-16-7-5-13)17-11-3-2-10(9-15)12(14)8-11/h2-3,8,16-17H,4-7H2,1H3. The largest absolute Gasteiger partial charge is 0.380 e. The van der Waals surface area contributed by atoms with Crippen LogP contribution >= 0.6 is 11.6 Å². The summed E-state index contributed by atoms with van der Waals surface area (Å²) in [6.07, 6.45) is 2.18. The van der Waals surface area contributed by atoms with Gasteiger partial charge in [-0.15, -0.1) is 0 Å². The minimum atomic E-state index is 0.114. The first-order chi connectivity index (χ1) is 8.13. The summed E-state index contributed by atoms with van der Waals surface area (Å²) in [5.41, 5.74) is 1.62. The van der Waals surface area contributed by atoms with Gasteiger partial charge in [-0.1, -0.05) is 11.6 Å². The van der Waals surface area contributed by atoms with Crippen molar-refractivity contribution in [2.75, 3.05) is 18.4 Å². The molecule has 90 valence electrons. The molecule has 1 aliphatic rings. The van der Waals surface area contributed by atoms with Gasteiger partial charge in [0.1, 0.15) is 6.07 Å². The highest BCUT2D eigenvalue weighted by molar-refractivity contribution is 6.32. The Morgan fingerprint density at radius 3 is 2.71 bits per heavy atom. The Labute approximate surface area is 107 Å². The molecule has 1 heterocycles. The lowest BCUT2D eigenvalue weighted by Gasteiger charge is -2.36. The lowest BCUT2D eigenvalue weighted by Crippen LogP contribution is -2.45. The number of benzene rings is 1. The molecule has 0 amide bonds. The van der Waals surface area contributed by atoms with Gasteiger partial charge in [-0.2, -0.15) is 5.26 Å². The average molecular weight is 250 g/mol. The molecule has 0 saturated carbocycles. The summed E-state index contributed by atoms with van der Waals surface area (Å²) >= 11 is 6.02. The summed E-state index contributed by atoms with van der Waals surface area (Å²) < 4.78 is 0. The second-order valence-electron chi connectivity index (χ2n) is 4.74. The van der Waals surface area contributed by atoms with Crippen molar-refractivity contribution >= 4 is 17.3 Å². The number of anilines is 1. The van der Waals surface area contributed by atoms with Crippen molar-refractivity contribution in [2.24, 2.45) is 0 Å². The minimum absolute atomic E-state index is 0.114. The fourth-order valence-corrected chi connectivity index (χ4v) is 2.36. The molecule has 1 aromatic carbocycles. The van der Waals surface area contributed by atoms with Crippen LogP contribution in [-0.2, 0) is 0 Å². The van der Waals surface area contributed by atoms with E-state index in [1.165, 1.54) is 0 Å². The normalized spacial score (nSPS) is 18.4. The first-order valence-electron chi connectivity index (χ1n) is 5.81. The quantitative estimate of drug-likeness (QED) is 0.847. The van der Waals surface area contributed by atoms with E-state index in [2.05, 4.69) is 23.6 Å². The van der Waals surface area contributed by atoms with Gasteiger partial charge in [-0.05, 0) is 51.1 Å². The highest BCUT2D eigenvalue weighted by Gasteiger charge is 2.26. The maximum absolute atomic E-state index is 8.82. The number of rotatable bonds is 2. The fourth-order valence-electron chi connectivity index (χ4n) is 2.14. The lowest BCUT2D eigenvalue weighted by molar-refractivity contribution is 0.365. The van der Waals surface area contributed by atoms with Crippen molar-refractivity contribution in [1.29, 1.82) is 5.26 Å². The van der Waals surface area contributed by atoms with Crippen molar-refractivity contribution < 1.29 is 0 Å². The zero-order valence-electron chi connectivity index (χ0n) is 9.89. The molecule has 1 saturated heterocycles. The number of nitrogens with one attached hydrogen (secondary N) is 2. The summed E-state index contributed by atoms with van der Waals surface area (Å²) in [6, 6.07) is 7.57. The van der Waals surface area contributed by atoms with Crippen LogP contribution in [0.3, 0.4) is 0 Å². The van der Waals surface area contributed by atoms with Crippen molar-refractivity contribution in [3.8, 4) is 6.07 Å². The Morgan fingerprint density at radius 1 is 1.41 bits per heavy atom. The third-order valence-corrected chi connectivity index (χ3v) is 3.56. The first kappa shape index (κ1) is 12.2. The number of piperidine rings is 1. The lowest BCUT2D eigenvalue weighted by atomic mass is 9.90. The van der Waals surface area contributed by atoms with Crippen LogP contribution in [0.15, 0.2) is 18.2 Å². The first-order valence-corrected chi connectivity index (χ1v) is 6.19. The topological polar surface area (TPSA) is 47.9 Å². The minimum Gasteiger partial charge on any atom is -0.380 e. The molecule has 3 nitrogen and oxygen atoms in total. The molecule has 1 aromatic rings. The van der Waals surface area contributed by atoms with Crippen LogP contribution in [0, 0.1) is 11.3 Å². The van der Waals surface area contributed by atoms with Gasteiger partial charge in [0.25, 0.3) is 0 Å². The summed E-state index contributed by atoms with van der Waals surface area (Å²) in [5, 5.41) is 16.2. The van der Waals surface area contributed by atoms with E-state index in [4.69, 9.17) is 16.9 Å². The van der Waals surface area contributed by atoms with E-state index in [1.54, 1.807) is 6.07 Å². The maximum atomic E-state index is 8.82. The van der Waals surface area contributed by atoms with Gasteiger partial charge in [0.15, 0.2) is 0 Å². The molecule has 1 fully saturated rings. The Balaban J connectivity index is 2.13. The van der Waals surface area contributed by atoms with E-state index in [0.717, 1.165) is 31.6 Å². The monoisotopic (exact) mass is 249 g/mol. The SMILES string of the molecule is CC1(Nc2ccc(C#N)c(Cl)c2)CCNCC1. The van der Waals surface area contributed by atoms with Crippen LogP contribution in [0.2, 0.25) is 5.02 Å². The number of nitrogens with zero attached hydrogens (tertiary/aromatic N) is 1. The predicted molar refractivity (Wildman–Crippen MR) is 70.3 cm³/mol. The van der Waals surface area contributed by atoms with Crippen LogP contribution in [0.5, 0.6) is 0 Å². The molecule has 0 aliphatic carbocycles. The molecule has 0 aromatic heterocycles. The Hall–Kier alpha value is -1.24. The average Bonchev–Trinajstić information content (AvgIpc) is 2.29. The van der Waals surface area contributed by atoms with Gasteiger partial charge in [0, 0.05) is 11.2 Å². The molecule has 0 unspecified atom stereocenters. The summed E-state index contributed by atoms with van der Waals surface area (Å²) in [6.45, 7) is 4.29. The smallest absolute Gasteiger partial charge is 0.101 e. The van der Waals surface area contributed by atoms with Gasteiger partial charge in [0.2, 0.25) is 0 Å². The molecule has 0 spiro atoms. The maximum Gasteiger partial charge on any atom is 0.101 e. The van der Waals surface area contributed by atoms with E-state index in [1.807, 2.05) is 12.1 Å². The molecule has 4 heteroatoms. The van der Waals surface area contributed by atoms with E-state index < -0.39 is 0 Å². The molecule has 17 heavy (non-hydrogen) atoms. The zero-order valence-corrected chi connectivity index (χ0v) is 10.6. The molecule has 0 radical (unpaired) electrons. The third kappa shape index (κ3) is 2.91. The Kier molecular flexibility index (Phi) is 3.56. The number of hydrogen-bond acceptors (Lipinski definition) is 3. The number of nitriles is 1.